The monoisotopic (exact) mass is 270 g/mol. The number of carboxylic acid groups (broad SMARTS) is 1. The van der Waals surface area contributed by atoms with E-state index in [1.54, 1.807) is 20.8 Å². The van der Waals surface area contributed by atoms with Gasteiger partial charge in [-0.3, -0.25) is 0 Å². The molecule has 2 atom stereocenters. The van der Waals surface area contributed by atoms with Gasteiger partial charge in [-0.05, 0) is 23.7 Å². The van der Waals surface area contributed by atoms with Crippen molar-refractivity contribution in [3.63, 3.8) is 0 Å². The Bertz CT molecular complexity index is 358. The Kier molecular flexibility index (Phi) is 4.48. The molecule has 1 aliphatic rings. The van der Waals surface area contributed by atoms with E-state index in [0.717, 1.165) is 19.3 Å². The second kappa shape index (κ2) is 5.39. The number of aliphatic carboxylic acids is 1. The largest absolute Gasteiger partial charge is 0.480 e. The van der Waals surface area contributed by atoms with Crippen LogP contribution >= 0.6 is 0 Å². The normalized spacial score (nSPS) is 23.7. The molecule has 0 aromatic rings. The van der Waals surface area contributed by atoms with Gasteiger partial charge < -0.3 is 15.7 Å². The topological polar surface area (TPSA) is 78.4 Å². The standard InChI is InChI=1S/C14H26N2O3/c1-13(2,3)10(11(17)18)16-12(19)15-9-7-6-8-14(9,4)5/h9-10H,6-8H2,1-5H3,(H,17,18)(H2,15,16,19). The van der Waals surface area contributed by atoms with Crippen molar-refractivity contribution >= 4 is 12.0 Å². The van der Waals surface area contributed by atoms with Gasteiger partial charge >= 0.3 is 12.0 Å². The maximum absolute atomic E-state index is 12.0. The summed E-state index contributed by atoms with van der Waals surface area (Å²) in [7, 11) is 0. The molecule has 1 rings (SSSR count). The minimum atomic E-state index is -1.01. The highest BCUT2D eigenvalue weighted by Crippen LogP contribution is 2.37. The Labute approximate surface area is 115 Å². The Balaban J connectivity index is 2.62. The number of amides is 2. The number of hydrogen-bond donors (Lipinski definition) is 3. The summed E-state index contributed by atoms with van der Waals surface area (Å²) in [5, 5.41) is 14.7. The van der Waals surface area contributed by atoms with Crippen molar-refractivity contribution in [2.24, 2.45) is 10.8 Å². The summed E-state index contributed by atoms with van der Waals surface area (Å²) in [6, 6.07) is -1.17. The first-order chi connectivity index (χ1) is 8.54. The highest BCUT2D eigenvalue weighted by molar-refractivity contribution is 5.83. The fourth-order valence-electron chi connectivity index (χ4n) is 2.57. The van der Waals surface area contributed by atoms with Gasteiger partial charge in [0.1, 0.15) is 6.04 Å². The first-order valence-corrected chi connectivity index (χ1v) is 6.84. The number of rotatable bonds is 3. The summed E-state index contributed by atoms with van der Waals surface area (Å²) in [6.45, 7) is 9.65. The highest BCUT2D eigenvalue weighted by atomic mass is 16.4. The Morgan fingerprint density at radius 2 is 1.89 bits per heavy atom. The van der Waals surface area contributed by atoms with Gasteiger partial charge in [0.2, 0.25) is 0 Å². The van der Waals surface area contributed by atoms with E-state index in [2.05, 4.69) is 24.5 Å². The molecule has 0 aliphatic heterocycles. The number of hydrogen-bond acceptors (Lipinski definition) is 2. The summed E-state index contributed by atoms with van der Waals surface area (Å²) in [5.41, 5.74) is -0.438. The third-order valence-electron chi connectivity index (χ3n) is 3.95. The molecule has 0 saturated heterocycles. The summed E-state index contributed by atoms with van der Waals surface area (Å²) in [5.74, 6) is -1.01. The van der Waals surface area contributed by atoms with Crippen molar-refractivity contribution in [2.45, 2.75) is 66.0 Å². The smallest absolute Gasteiger partial charge is 0.326 e. The molecule has 5 heteroatoms. The number of urea groups is 1. The molecule has 0 aromatic carbocycles. The van der Waals surface area contributed by atoms with Crippen LogP contribution < -0.4 is 10.6 Å². The molecule has 0 aromatic heterocycles. The number of nitrogens with one attached hydrogen (secondary N) is 2. The van der Waals surface area contributed by atoms with Gasteiger partial charge in [0.05, 0.1) is 0 Å². The van der Waals surface area contributed by atoms with Crippen LogP contribution in [0.15, 0.2) is 0 Å². The van der Waals surface area contributed by atoms with Crippen LogP contribution in [0.4, 0.5) is 4.79 Å². The second-order valence-corrected chi connectivity index (χ2v) is 7.19. The van der Waals surface area contributed by atoms with Gasteiger partial charge in [-0.25, -0.2) is 9.59 Å². The van der Waals surface area contributed by atoms with Crippen molar-refractivity contribution in [1.82, 2.24) is 10.6 Å². The van der Waals surface area contributed by atoms with Crippen LogP contribution in [0.25, 0.3) is 0 Å². The van der Waals surface area contributed by atoms with Gasteiger partial charge in [-0.2, -0.15) is 0 Å². The number of carboxylic acids is 1. The molecule has 0 heterocycles. The van der Waals surface area contributed by atoms with Crippen LogP contribution in [0.3, 0.4) is 0 Å². The van der Waals surface area contributed by atoms with Crippen LogP contribution in [0.1, 0.15) is 53.9 Å². The molecule has 0 spiro atoms. The zero-order chi connectivity index (χ0) is 14.8. The van der Waals surface area contributed by atoms with Gasteiger partial charge in [0.25, 0.3) is 0 Å². The average Bonchev–Trinajstić information content (AvgIpc) is 2.52. The van der Waals surface area contributed by atoms with E-state index in [4.69, 9.17) is 0 Å². The average molecular weight is 270 g/mol. The third-order valence-corrected chi connectivity index (χ3v) is 3.95. The lowest BCUT2D eigenvalue weighted by molar-refractivity contribution is -0.141. The van der Waals surface area contributed by atoms with E-state index < -0.39 is 17.4 Å². The SMILES string of the molecule is CC(C)(C)C(NC(=O)NC1CCCC1(C)C)C(=O)O. The van der Waals surface area contributed by atoms with E-state index in [1.807, 2.05) is 0 Å². The molecule has 5 nitrogen and oxygen atoms in total. The zero-order valence-corrected chi connectivity index (χ0v) is 12.5. The summed E-state index contributed by atoms with van der Waals surface area (Å²) >= 11 is 0. The maximum atomic E-state index is 12.0. The molecule has 1 saturated carbocycles. The molecule has 110 valence electrons. The van der Waals surface area contributed by atoms with E-state index in [1.165, 1.54) is 0 Å². The Hall–Kier alpha value is -1.26. The summed E-state index contributed by atoms with van der Waals surface area (Å²) in [4.78, 5) is 23.2. The maximum Gasteiger partial charge on any atom is 0.326 e. The van der Waals surface area contributed by atoms with E-state index in [-0.39, 0.29) is 17.5 Å². The minimum absolute atomic E-state index is 0.0811. The molecule has 0 bridgehead atoms. The quantitative estimate of drug-likeness (QED) is 0.736. The van der Waals surface area contributed by atoms with E-state index in [0.29, 0.717) is 0 Å². The first-order valence-electron chi connectivity index (χ1n) is 6.84. The zero-order valence-electron chi connectivity index (χ0n) is 12.5. The van der Waals surface area contributed by atoms with Crippen molar-refractivity contribution in [1.29, 1.82) is 0 Å². The van der Waals surface area contributed by atoms with E-state index in [9.17, 15) is 14.7 Å². The van der Waals surface area contributed by atoms with Gasteiger partial charge in [-0.1, -0.05) is 41.0 Å². The third kappa shape index (κ3) is 4.11. The summed E-state index contributed by atoms with van der Waals surface area (Å²) < 4.78 is 0. The first kappa shape index (κ1) is 15.8. The van der Waals surface area contributed by atoms with E-state index >= 15 is 0 Å². The predicted octanol–water partition coefficient (Wildman–Crippen LogP) is 2.36. The molecule has 0 radical (unpaired) electrons. The fraction of sp³-hybridized carbons (Fsp3) is 0.857. The Morgan fingerprint density at radius 1 is 1.32 bits per heavy atom. The summed E-state index contributed by atoms with van der Waals surface area (Å²) in [6.07, 6.45) is 3.13. The van der Waals surface area contributed by atoms with Crippen molar-refractivity contribution in [3.05, 3.63) is 0 Å². The van der Waals surface area contributed by atoms with Gasteiger partial charge in [0.15, 0.2) is 0 Å². The molecular weight excluding hydrogens is 244 g/mol. The molecule has 1 fully saturated rings. The molecular formula is C14H26N2O3. The lowest BCUT2D eigenvalue weighted by atomic mass is 9.86. The number of carbonyl (C=O) groups is 2. The van der Waals surface area contributed by atoms with Gasteiger partial charge in [-0.15, -0.1) is 0 Å². The second-order valence-electron chi connectivity index (χ2n) is 7.19. The molecule has 2 amide bonds. The van der Waals surface area contributed by atoms with Crippen LogP contribution in [-0.4, -0.2) is 29.2 Å². The van der Waals surface area contributed by atoms with Gasteiger partial charge in [0, 0.05) is 6.04 Å². The fourth-order valence-corrected chi connectivity index (χ4v) is 2.57. The van der Waals surface area contributed by atoms with Crippen LogP contribution in [0.2, 0.25) is 0 Å². The Morgan fingerprint density at radius 3 is 2.26 bits per heavy atom. The van der Waals surface area contributed by atoms with Crippen molar-refractivity contribution in [2.75, 3.05) is 0 Å². The molecule has 2 unspecified atom stereocenters. The highest BCUT2D eigenvalue weighted by Gasteiger charge is 2.37. The molecule has 3 N–H and O–H groups in total. The minimum Gasteiger partial charge on any atom is -0.480 e. The van der Waals surface area contributed by atoms with Crippen LogP contribution in [0, 0.1) is 10.8 Å². The van der Waals surface area contributed by atoms with Crippen molar-refractivity contribution < 1.29 is 14.7 Å². The lowest BCUT2D eigenvalue weighted by Gasteiger charge is -2.31. The van der Waals surface area contributed by atoms with Crippen LogP contribution in [0.5, 0.6) is 0 Å². The lowest BCUT2D eigenvalue weighted by Crippen LogP contribution is -2.55. The van der Waals surface area contributed by atoms with Crippen LogP contribution in [-0.2, 0) is 4.79 Å². The molecule has 1 aliphatic carbocycles. The predicted molar refractivity (Wildman–Crippen MR) is 74.0 cm³/mol. The number of carbonyl (C=O) groups excluding carboxylic acids is 1. The van der Waals surface area contributed by atoms with Crippen molar-refractivity contribution in [3.8, 4) is 0 Å². The molecule has 19 heavy (non-hydrogen) atoms.